The number of halogens is 1. The van der Waals surface area contributed by atoms with Crippen LogP contribution in [0, 0.1) is 5.82 Å². The van der Waals surface area contributed by atoms with Crippen LogP contribution in [0.5, 0.6) is 0 Å². The summed E-state index contributed by atoms with van der Waals surface area (Å²) in [7, 11) is -2.43. The predicted molar refractivity (Wildman–Crippen MR) is 57.9 cm³/mol. The maximum atomic E-state index is 13.3. The second-order valence-electron chi connectivity index (χ2n) is 3.08. The number of nitrogens with one attached hydrogen (secondary N) is 1. The Kier molecular flexibility index (Phi) is 4.22. The molecule has 0 fully saturated rings. The first kappa shape index (κ1) is 12.9. The summed E-state index contributed by atoms with van der Waals surface area (Å²) >= 11 is 0. The Balaban J connectivity index is 2.93. The van der Waals surface area contributed by atoms with Gasteiger partial charge in [-0.1, -0.05) is 0 Å². The van der Waals surface area contributed by atoms with Crippen LogP contribution in [0.4, 0.5) is 10.1 Å². The standard InChI is InChI=1S/C9H13FN2O3S/c1-15-5-4-12-16(13,14)9-6-7(11)2-3-8(9)10/h2-3,6,12H,4-5,11H2,1H3. The van der Waals surface area contributed by atoms with E-state index < -0.39 is 20.7 Å². The minimum atomic E-state index is -3.87. The predicted octanol–water partition coefficient (Wildman–Crippen LogP) is 0.333. The zero-order valence-electron chi connectivity index (χ0n) is 8.73. The molecule has 0 aliphatic carbocycles. The van der Waals surface area contributed by atoms with Gasteiger partial charge in [-0.3, -0.25) is 0 Å². The number of methoxy groups -OCH3 is 1. The maximum absolute atomic E-state index is 13.3. The SMILES string of the molecule is COCCNS(=O)(=O)c1cc(N)ccc1F. The largest absolute Gasteiger partial charge is 0.399 e. The number of rotatable bonds is 5. The second-order valence-corrected chi connectivity index (χ2v) is 4.82. The van der Waals surface area contributed by atoms with Gasteiger partial charge in [0, 0.05) is 19.3 Å². The lowest BCUT2D eigenvalue weighted by Crippen LogP contribution is -2.28. The quantitative estimate of drug-likeness (QED) is 0.581. The summed E-state index contributed by atoms with van der Waals surface area (Å²) in [4.78, 5) is -0.455. The van der Waals surface area contributed by atoms with Crippen molar-refractivity contribution < 1.29 is 17.5 Å². The molecule has 0 amide bonds. The van der Waals surface area contributed by atoms with Crippen LogP contribution in [0.25, 0.3) is 0 Å². The highest BCUT2D eigenvalue weighted by Crippen LogP contribution is 2.17. The van der Waals surface area contributed by atoms with Gasteiger partial charge >= 0.3 is 0 Å². The molecule has 5 nitrogen and oxygen atoms in total. The number of nitrogen functional groups attached to an aromatic ring is 1. The minimum absolute atomic E-state index is 0.0765. The first-order chi connectivity index (χ1) is 7.47. The van der Waals surface area contributed by atoms with Crippen LogP contribution in [-0.4, -0.2) is 28.7 Å². The van der Waals surface area contributed by atoms with Crippen molar-refractivity contribution in [1.29, 1.82) is 0 Å². The highest BCUT2D eigenvalue weighted by molar-refractivity contribution is 7.89. The number of hydrogen-bond acceptors (Lipinski definition) is 4. The molecule has 0 aromatic heterocycles. The number of hydrogen-bond donors (Lipinski definition) is 2. The first-order valence-electron chi connectivity index (χ1n) is 4.51. The molecule has 0 aliphatic rings. The van der Waals surface area contributed by atoms with Crippen LogP contribution >= 0.6 is 0 Å². The highest BCUT2D eigenvalue weighted by Gasteiger charge is 2.18. The number of sulfonamides is 1. The average Bonchev–Trinajstić information content (AvgIpc) is 2.22. The zero-order valence-corrected chi connectivity index (χ0v) is 9.55. The summed E-state index contributed by atoms with van der Waals surface area (Å²) < 4.78 is 43.4. The van der Waals surface area contributed by atoms with E-state index in [0.717, 1.165) is 12.1 Å². The fourth-order valence-corrected chi connectivity index (χ4v) is 2.21. The number of benzene rings is 1. The van der Waals surface area contributed by atoms with Crippen molar-refractivity contribution in [1.82, 2.24) is 4.72 Å². The number of anilines is 1. The van der Waals surface area contributed by atoms with Crippen LogP contribution in [0.2, 0.25) is 0 Å². The van der Waals surface area contributed by atoms with E-state index in [-0.39, 0.29) is 18.8 Å². The average molecular weight is 248 g/mol. The summed E-state index contributed by atoms with van der Waals surface area (Å²) in [6, 6.07) is 3.38. The van der Waals surface area contributed by atoms with Crippen molar-refractivity contribution in [2.75, 3.05) is 26.0 Å². The van der Waals surface area contributed by atoms with E-state index in [4.69, 9.17) is 5.73 Å². The molecule has 0 unspecified atom stereocenters. The topological polar surface area (TPSA) is 81.4 Å². The summed E-state index contributed by atoms with van der Waals surface area (Å²) in [6.07, 6.45) is 0. The Hall–Kier alpha value is -1.18. The Bertz CT molecular complexity index is 462. The van der Waals surface area contributed by atoms with Gasteiger partial charge in [0.2, 0.25) is 10.0 Å². The van der Waals surface area contributed by atoms with Crippen LogP contribution in [-0.2, 0) is 14.8 Å². The van der Waals surface area contributed by atoms with Gasteiger partial charge in [0.05, 0.1) is 6.61 Å². The fourth-order valence-electron chi connectivity index (χ4n) is 1.08. The molecule has 3 N–H and O–H groups in total. The van der Waals surface area contributed by atoms with Crippen molar-refractivity contribution in [3.05, 3.63) is 24.0 Å². The summed E-state index contributed by atoms with van der Waals surface area (Å²) in [5.74, 6) is -0.834. The van der Waals surface area contributed by atoms with E-state index in [2.05, 4.69) is 9.46 Å². The summed E-state index contributed by atoms with van der Waals surface area (Å²) in [5, 5.41) is 0. The van der Waals surface area contributed by atoms with Gasteiger partial charge in [0.15, 0.2) is 0 Å². The van der Waals surface area contributed by atoms with E-state index in [0.29, 0.717) is 0 Å². The van der Waals surface area contributed by atoms with Crippen LogP contribution in [0.15, 0.2) is 23.1 Å². The van der Waals surface area contributed by atoms with Crippen LogP contribution in [0.3, 0.4) is 0 Å². The molecule has 0 saturated carbocycles. The monoisotopic (exact) mass is 248 g/mol. The molecule has 16 heavy (non-hydrogen) atoms. The molecule has 0 saturated heterocycles. The maximum Gasteiger partial charge on any atom is 0.243 e. The van der Waals surface area contributed by atoms with Gasteiger partial charge in [-0.05, 0) is 18.2 Å². The van der Waals surface area contributed by atoms with Crippen LogP contribution < -0.4 is 10.5 Å². The molecule has 1 aromatic rings. The summed E-state index contributed by atoms with van der Waals surface area (Å²) in [6.45, 7) is 0.288. The van der Waals surface area contributed by atoms with Gasteiger partial charge in [0.25, 0.3) is 0 Å². The molecule has 0 radical (unpaired) electrons. The highest BCUT2D eigenvalue weighted by atomic mass is 32.2. The molecular formula is C9H13FN2O3S. The van der Waals surface area contributed by atoms with Gasteiger partial charge in [0.1, 0.15) is 10.7 Å². The molecule has 0 bridgehead atoms. The zero-order chi connectivity index (χ0) is 12.2. The molecule has 0 aliphatic heterocycles. The molecule has 1 rings (SSSR count). The Morgan fingerprint density at radius 1 is 1.50 bits per heavy atom. The molecule has 0 heterocycles. The minimum Gasteiger partial charge on any atom is -0.399 e. The Morgan fingerprint density at radius 2 is 2.19 bits per heavy atom. The van der Waals surface area contributed by atoms with E-state index in [1.165, 1.54) is 13.2 Å². The third-order valence-electron chi connectivity index (χ3n) is 1.84. The normalized spacial score (nSPS) is 11.6. The lowest BCUT2D eigenvalue weighted by atomic mass is 10.3. The van der Waals surface area contributed by atoms with Gasteiger partial charge in [-0.15, -0.1) is 0 Å². The second kappa shape index (κ2) is 5.24. The molecule has 7 heteroatoms. The smallest absolute Gasteiger partial charge is 0.243 e. The van der Waals surface area contributed by atoms with Crippen molar-refractivity contribution in [2.45, 2.75) is 4.90 Å². The molecule has 0 atom stereocenters. The number of ether oxygens (including phenoxy) is 1. The van der Waals surface area contributed by atoms with Crippen molar-refractivity contribution in [2.24, 2.45) is 0 Å². The lowest BCUT2D eigenvalue weighted by molar-refractivity contribution is 0.204. The van der Waals surface area contributed by atoms with E-state index >= 15 is 0 Å². The third-order valence-corrected chi connectivity index (χ3v) is 3.32. The number of nitrogens with two attached hydrogens (primary N) is 1. The first-order valence-corrected chi connectivity index (χ1v) is 5.99. The van der Waals surface area contributed by atoms with Crippen molar-refractivity contribution >= 4 is 15.7 Å². The van der Waals surface area contributed by atoms with Gasteiger partial charge < -0.3 is 10.5 Å². The van der Waals surface area contributed by atoms with Crippen molar-refractivity contribution in [3.8, 4) is 0 Å². The Labute approximate surface area is 93.5 Å². The molecule has 0 spiro atoms. The van der Waals surface area contributed by atoms with E-state index in [9.17, 15) is 12.8 Å². The molecule has 1 aromatic carbocycles. The molecular weight excluding hydrogens is 235 g/mol. The van der Waals surface area contributed by atoms with Crippen LogP contribution in [0.1, 0.15) is 0 Å². The van der Waals surface area contributed by atoms with E-state index in [1.807, 2.05) is 0 Å². The van der Waals surface area contributed by atoms with Crippen molar-refractivity contribution in [3.63, 3.8) is 0 Å². The van der Waals surface area contributed by atoms with Gasteiger partial charge in [-0.25, -0.2) is 17.5 Å². The Morgan fingerprint density at radius 3 is 2.81 bits per heavy atom. The molecule has 90 valence electrons. The van der Waals surface area contributed by atoms with E-state index in [1.54, 1.807) is 0 Å². The third kappa shape index (κ3) is 3.16. The summed E-state index contributed by atoms with van der Waals surface area (Å²) in [5.41, 5.74) is 5.58. The van der Waals surface area contributed by atoms with Gasteiger partial charge in [-0.2, -0.15) is 0 Å². The lowest BCUT2D eigenvalue weighted by Gasteiger charge is -2.07. The fraction of sp³-hybridized carbons (Fsp3) is 0.333.